The summed E-state index contributed by atoms with van der Waals surface area (Å²) in [4.78, 5) is 39.1. The van der Waals surface area contributed by atoms with Gasteiger partial charge in [0.05, 0.1) is 5.92 Å². The lowest BCUT2D eigenvalue weighted by atomic mass is 10.1. The monoisotopic (exact) mass is 435 g/mol. The zero-order valence-electron chi connectivity index (χ0n) is 19.0. The minimum atomic E-state index is -0.403. The fourth-order valence-electron chi connectivity index (χ4n) is 3.95. The molecule has 0 aromatic heterocycles. The van der Waals surface area contributed by atoms with Crippen LogP contribution in [-0.2, 0) is 9.59 Å². The van der Waals surface area contributed by atoms with E-state index in [1.54, 1.807) is 29.2 Å². The first-order valence-electron chi connectivity index (χ1n) is 11.5. The molecule has 1 aliphatic heterocycles. The highest BCUT2D eigenvalue weighted by Gasteiger charge is 2.35. The third-order valence-electron chi connectivity index (χ3n) is 5.85. The van der Waals surface area contributed by atoms with E-state index >= 15 is 0 Å². The Morgan fingerprint density at radius 1 is 1.03 bits per heavy atom. The lowest BCUT2D eigenvalue weighted by Crippen LogP contribution is -2.32. The fourth-order valence-corrected chi connectivity index (χ4v) is 3.95. The van der Waals surface area contributed by atoms with Crippen LogP contribution in [-0.4, -0.2) is 30.3 Å². The second-order valence-electron chi connectivity index (χ2n) is 8.53. The van der Waals surface area contributed by atoms with Crippen molar-refractivity contribution >= 4 is 29.1 Å². The van der Waals surface area contributed by atoms with Gasteiger partial charge in [-0.1, -0.05) is 50.8 Å². The van der Waals surface area contributed by atoms with Crippen LogP contribution in [0.25, 0.3) is 0 Å². The topological polar surface area (TPSA) is 78.5 Å². The van der Waals surface area contributed by atoms with Gasteiger partial charge in [0, 0.05) is 35.9 Å². The van der Waals surface area contributed by atoms with Crippen molar-refractivity contribution in [1.82, 2.24) is 5.32 Å². The second kappa shape index (κ2) is 11.5. The van der Waals surface area contributed by atoms with E-state index in [4.69, 9.17) is 0 Å². The molecule has 3 amide bonds. The van der Waals surface area contributed by atoms with Gasteiger partial charge in [0.2, 0.25) is 11.8 Å². The Hall–Kier alpha value is -3.15. The first-order chi connectivity index (χ1) is 15.5. The lowest BCUT2D eigenvalue weighted by Gasteiger charge is -2.16. The Bertz CT molecular complexity index is 912. The summed E-state index contributed by atoms with van der Waals surface area (Å²) < 4.78 is 0. The van der Waals surface area contributed by atoms with Gasteiger partial charge in [0.1, 0.15) is 0 Å². The second-order valence-corrected chi connectivity index (χ2v) is 8.53. The summed E-state index contributed by atoms with van der Waals surface area (Å²) in [6.45, 7) is 4.58. The summed E-state index contributed by atoms with van der Waals surface area (Å²) >= 11 is 0. The number of amides is 3. The molecule has 2 unspecified atom stereocenters. The van der Waals surface area contributed by atoms with Gasteiger partial charge in [-0.05, 0) is 49.7 Å². The van der Waals surface area contributed by atoms with Gasteiger partial charge >= 0.3 is 0 Å². The number of nitrogens with zero attached hydrogens (tertiary/aromatic N) is 1. The molecule has 3 rings (SSSR count). The van der Waals surface area contributed by atoms with Crippen molar-refractivity contribution in [3.05, 3.63) is 60.2 Å². The predicted molar refractivity (Wildman–Crippen MR) is 128 cm³/mol. The lowest BCUT2D eigenvalue weighted by molar-refractivity contribution is -0.122. The first-order valence-corrected chi connectivity index (χ1v) is 11.5. The van der Waals surface area contributed by atoms with Crippen LogP contribution in [0.4, 0.5) is 11.4 Å². The molecule has 2 aromatic carbocycles. The SMILES string of the molecule is CCCCCCC(C)NC(=O)c1ccc(NC(=O)C2CC(=O)N(c3ccccc3)C2)cc1. The molecule has 1 saturated heterocycles. The number of anilines is 2. The van der Waals surface area contributed by atoms with Crippen molar-refractivity contribution in [1.29, 1.82) is 0 Å². The number of carbonyl (C=O) groups is 3. The number of hydrogen-bond acceptors (Lipinski definition) is 3. The number of hydrogen-bond donors (Lipinski definition) is 2. The van der Waals surface area contributed by atoms with Gasteiger partial charge in [-0.15, -0.1) is 0 Å². The van der Waals surface area contributed by atoms with Gasteiger partial charge in [-0.25, -0.2) is 0 Å². The molecule has 0 spiro atoms. The summed E-state index contributed by atoms with van der Waals surface area (Å²) in [5.41, 5.74) is 1.99. The molecule has 32 heavy (non-hydrogen) atoms. The molecule has 2 aromatic rings. The molecule has 0 bridgehead atoms. The van der Waals surface area contributed by atoms with Crippen LogP contribution in [0.2, 0.25) is 0 Å². The predicted octanol–water partition coefficient (Wildman–Crippen LogP) is 4.77. The van der Waals surface area contributed by atoms with Gasteiger partial charge < -0.3 is 15.5 Å². The van der Waals surface area contributed by atoms with E-state index in [2.05, 4.69) is 17.6 Å². The average Bonchev–Trinajstić information content (AvgIpc) is 3.19. The smallest absolute Gasteiger partial charge is 0.251 e. The van der Waals surface area contributed by atoms with Crippen molar-refractivity contribution in [3.8, 4) is 0 Å². The fraction of sp³-hybridized carbons (Fsp3) is 0.423. The number of nitrogens with one attached hydrogen (secondary N) is 2. The van der Waals surface area contributed by atoms with E-state index in [9.17, 15) is 14.4 Å². The highest BCUT2D eigenvalue weighted by atomic mass is 16.2. The molecule has 0 radical (unpaired) electrons. The molecule has 1 aliphatic rings. The number of unbranched alkanes of at least 4 members (excludes halogenated alkanes) is 3. The van der Waals surface area contributed by atoms with E-state index in [-0.39, 0.29) is 30.2 Å². The highest BCUT2D eigenvalue weighted by molar-refractivity contribution is 6.03. The summed E-state index contributed by atoms with van der Waals surface area (Å²) in [6.07, 6.45) is 5.91. The zero-order valence-corrected chi connectivity index (χ0v) is 19.0. The molecule has 1 fully saturated rings. The third-order valence-corrected chi connectivity index (χ3v) is 5.85. The molecule has 0 aliphatic carbocycles. The van der Waals surface area contributed by atoms with Crippen LogP contribution < -0.4 is 15.5 Å². The van der Waals surface area contributed by atoms with Crippen molar-refractivity contribution in [2.45, 2.75) is 58.4 Å². The average molecular weight is 436 g/mol. The van der Waals surface area contributed by atoms with Crippen LogP contribution >= 0.6 is 0 Å². The molecule has 170 valence electrons. The Morgan fingerprint density at radius 3 is 2.44 bits per heavy atom. The molecule has 2 N–H and O–H groups in total. The molecule has 2 atom stereocenters. The third kappa shape index (κ3) is 6.42. The number of carbonyl (C=O) groups excluding carboxylic acids is 3. The molecule has 0 saturated carbocycles. The van der Waals surface area contributed by atoms with E-state index in [1.807, 2.05) is 37.3 Å². The standard InChI is InChI=1S/C26H33N3O3/c1-3-4-5-7-10-19(2)27-25(31)20-13-15-22(16-14-20)28-26(32)21-17-24(30)29(18-21)23-11-8-6-9-12-23/h6,8-9,11-16,19,21H,3-5,7,10,17-18H2,1-2H3,(H,27,31)(H,28,32). The quantitative estimate of drug-likeness (QED) is 0.528. The Labute approximate surface area is 190 Å². The van der Waals surface area contributed by atoms with E-state index in [1.165, 1.54) is 19.3 Å². The van der Waals surface area contributed by atoms with Crippen molar-refractivity contribution < 1.29 is 14.4 Å². The molecule has 1 heterocycles. The Morgan fingerprint density at radius 2 is 1.75 bits per heavy atom. The van der Waals surface area contributed by atoms with Crippen LogP contribution in [0.5, 0.6) is 0 Å². The molecular formula is C26H33N3O3. The zero-order chi connectivity index (χ0) is 22.9. The van der Waals surface area contributed by atoms with Gasteiger partial charge in [0.15, 0.2) is 0 Å². The normalized spacial score (nSPS) is 16.6. The van der Waals surface area contributed by atoms with Gasteiger partial charge in [0.25, 0.3) is 5.91 Å². The van der Waals surface area contributed by atoms with Crippen LogP contribution in [0, 0.1) is 5.92 Å². The minimum Gasteiger partial charge on any atom is -0.350 e. The summed E-state index contributed by atoms with van der Waals surface area (Å²) in [5, 5.41) is 5.91. The molecule has 6 heteroatoms. The van der Waals surface area contributed by atoms with E-state index in [0.717, 1.165) is 18.5 Å². The largest absolute Gasteiger partial charge is 0.350 e. The summed E-state index contributed by atoms with van der Waals surface area (Å²) in [6, 6.07) is 16.4. The highest BCUT2D eigenvalue weighted by Crippen LogP contribution is 2.26. The molecular weight excluding hydrogens is 402 g/mol. The van der Waals surface area contributed by atoms with E-state index < -0.39 is 5.92 Å². The summed E-state index contributed by atoms with van der Waals surface area (Å²) in [7, 11) is 0. The minimum absolute atomic E-state index is 0.0489. The van der Waals surface area contributed by atoms with Crippen molar-refractivity contribution in [3.63, 3.8) is 0 Å². The number of para-hydroxylation sites is 1. The van der Waals surface area contributed by atoms with E-state index in [0.29, 0.717) is 17.8 Å². The maximum absolute atomic E-state index is 12.7. The maximum atomic E-state index is 12.7. The van der Waals surface area contributed by atoms with Crippen LogP contribution in [0.3, 0.4) is 0 Å². The first kappa shape index (κ1) is 23.5. The van der Waals surface area contributed by atoms with Crippen LogP contribution in [0.15, 0.2) is 54.6 Å². The van der Waals surface area contributed by atoms with Crippen molar-refractivity contribution in [2.75, 3.05) is 16.8 Å². The van der Waals surface area contributed by atoms with Gasteiger partial charge in [-0.2, -0.15) is 0 Å². The maximum Gasteiger partial charge on any atom is 0.251 e. The van der Waals surface area contributed by atoms with Crippen LogP contribution in [0.1, 0.15) is 62.7 Å². The Balaban J connectivity index is 1.49. The number of rotatable bonds is 10. The Kier molecular flexibility index (Phi) is 8.42. The van der Waals surface area contributed by atoms with Crippen molar-refractivity contribution in [2.24, 2.45) is 5.92 Å². The molecule has 6 nitrogen and oxygen atoms in total. The summed E-state index contributed by atoms with van der Waals surface area (Å²) in [5.74, 6) is -0.744. The number of benzene rings is 2. The van der Waals surface area contributed by atoms with Gasteiger partial charge in [-0.3, -0.25) is 14.4 Å².